The Morgan fingerprint density at radius 3 is 2.79 bits per heavy atom. The maximum Gasteiger partial charge on any atom is 0.232 e. The molecule has 0 aliphatic carbocycles. The van der Waals surface area contributed by atoms with Crippen LogP contribution in [0.25, 0.3) is 0 Å². The van der Waals surface area contributed by atoms with E-state index in [0.717, 1.165) is 31.5 Å². The highest BCUT2D eigenvalue weighted by molar-refractivity contribution is 5.09. The molecular formula is C14H25N3O2. The molecule has 1 atom stereocenters. The third kappa shape index (κ3) is 6.50. The smallest absolute Gasteiger partial charge is 0.232 e. The van der Waals surface area contributed by atoms with E-state index in [1.807, 2.05) is 0 Å². The van der Waals surface area contributed by atoms with E-state index in [1.165, 1.54) is 0 Å². The molecule has 1 rings (SSSR count). The van der Waals surface area contributed by atoms with Gasteiger partial charge in [0.15, 0.2) is 0 Å². The lowest BCUT2D eigenvalue weighted by atomic mass is 10.1. The van der Waals surface area contributed by atoms with E-state index in [2.05, 4.69) is 29.1 Å². The summed E-state index contributed by atoms with van der Waals surface area (Å²) in [6.07, 6.45) is 6.31. The van der Waals surface area contributed by atoms with Crippen molar-refractivity contribution in [1.29, 1.82) is 0 Å². The average molecular weight is 267 g/mol. The number of ether oxygens (including phenoxy) is 2. The number of hydrogen-bond acceptors (Lipinski definition) is 5. The van der Waals surface area contributed by atoms with E-state index in [9.17, 15) is 0 Å². The van der Waals surface area contributed by atoms with Crippen molar-refractivity contribution >= 4 is 0 Å². The molecular weight excluding hydrogens is 242 g/mol. The van der Waals surface area contributed by atoms with E-state index < -0.39 is 0 Å². The third-order valence-electron chi connectivity index (χ3n) is 2.62. The lowest BCUT2D eigenvalue weighted by Crippen LogP contribution is -2.36. The van der Waals surface area contributed by atoms with Gasteiger partial charge in [0.25, 0.3) is 0 Å². The zero-order chi connectivity index (χ0) is 13.9. The van der Waals surface area contributed by atoms with Crippen LogP contribution < -0.4 is 10.1 Å². The van der Waals surface area contributed by atoms with Crippen molar-refractivity contribution in [1.82, 2.24) is 15.3 Å². The highest BCUT2D eigenvalue weighted by atomic mass is 16.5. The molecule has 1 unspecified atom stereocenters. The Hall–Kier alpha value is -1.20. The molecule has 1 aromatic heterocycles. The summed E-state index contributed by atoms with van der Waals surface area (Å²) in [5.41, 5.74) is 0.930. The molecule has 0 aromatic carbocycles. The van der Waals surface area contributed by atoms with Gasteiger partial charge >= 0.3 is 0 Å². The molecule has 108 valence electrons. The summed E-state index contributed by atoms with van der Waals surface area (Å²) in [7, 11) is 1.72. The Balaban J connectivity index is 2.56. The molecule has 1 N–H and O–H groups in total. The van der Waals surface area contributed by atoms with Gasteiger partial charge < -0.3 is 14.8 Å². The largest absolute Gasteiger partial charge is 0.477 e. The summed E-state index contributed by atoms with van der Waals surface area (Å²) in [4.78, 5) is 8.64. The summed E-state index contributed by atoms with van der Waals surface area (Å²) >= 11 is 0. The summed E-state index contributed by atoms with van der Waals surface area (Å²) in [6, 6.07) is 0.265. The first kappa shape index (κ1) is 15.9. The maximum atomic E-state index is 5.49. The summed E-state index contributed by atoms with van der Waals surface area (Å²) < 4.78 is 10.7. The van der Waals surface area contributed by atoms with Gasteiger partial charge in [-0.1, -0.05) is 13.8 Å². The Labute approximate surface area is 115 Å². The normalized spacial score (nSPS) is 12.4. The fourth-order valence-electron chi connectivity index (χ4n) is 1.75. The van der Waals surface area contributed by atoms with Gasteiger partial charge in [0.2, 0.25) is 5.88 Å². The van der Waals surface area contributed by atoms with Crippen LogP contribution in [0.1, 0.15) is 32.4 Å². The zero-order valence-electron chi connectivity index (χ0n) is 12.2. The van der Waals surface area contributed by atoms with Crippen LogP contribution in [0.2, 0.25) is 0 Å². The fraction of sp³-hybridized carbons (Fsp3) is 0.714. The number of rotatable bonds is 10. The number of hydrogen-bond donors (Lipinski definition) is 1. The summed E-state index contributed by atoms with van der Waals surface area (Å²) in [5.74, 6) is 0.603. The molecule has 5 nitrogen and oxygen atoms in total. The summed E-state index contributed by atoms with van der Waals surface area (Å²) in [5, 5.41) is 3.45. The first-order valence-corrected chi connectivity index (χ1v) is 6.96. The Bertz CT molecular complexity index is 347. The third-order valence-corrected chi connectivity index (χ3v) is 2.62. The van der Waals surface area contributed by atoms with Crippen molar-refractivity contribution in [3.8, 4) is 5.88 Å². The second-order valence-electron chi connectivity index (χ2n) is 4.51. The Kier molecular flexibility index (Phi) is 8.09. The summed E-state index contributed by atoms with van der Waals surface area (Å²) in [6.45, 7) is 6.54. The lowest BCUT2D eigenvalue weighted by Gasteiger charge is -2.17. The van der Waals surface area contributed by atoms with Crippen molar-refractivity contribution in [3.63, 3.8) is 0 Å². The van der Waals surface area contributed by atoms with Crippen molar-refractivity contribution in [2.75, 3.05) is 26.9 Å². The van der Waals surface area contributed by atoms with Gasteiger partial charge in [-0.15, -0.1) is 0 Å². The monoisotopic (exact) mass is 267 g/mol. The van der Waals surface area contributed by atoms with Crippen LogP contribution in [-0.2, 0) is 11.2 Å². The van der Waals surface area contributed by atoms with Gasteiger partial charge in [0.1, 0.15) is 0 Å². The Morgan fingerprint density at radius 2 is 2.11 bits per heavy atom. The average Bonchev–Trinajstić information content (AvgIpc) is 2.43. The number of nitrogens with zero attached hydrogens (tertiary/aromatic N) is 2. The topological polar surface area (TPSA) is 56.3 Å². The molecule has 19 heavy (non-hydrogen) atoms. The predicted octanol–water partition coefficient (Wildman–Crippen LogP) is 1.82. The molecule has 0 spiro atoms. The van der Waals surface area contributed by atoms with Crippen molar-refractivity contribution in [3.05, 3.63) is 18.1 Å². The molecule has 0 saturated carbocycles. The van der Waals surface area contributed by atoms with Gasteiger partial charge in [-0.25, -0.2) is 4.98 Å². The van der Waals surface area contributed by atoms with Crippen LogP contribution in [0.5, 0.6) is 5.88 Å². The molecule has 0 fully saturated rings. The van der Waals surface area contributed by atoms with Gasteiger partial charge in [-0.2, -0.15) is 0 Å². The molecule has 0 saturated heterocycles. The Morgan fingerprint density at radius 1 is 1.26 bits per heavy atom. The maximum absolute atomic E-state index is 5.49. The minimum atomic E-state index is 0.265. The van der Waals surface area contributed by atoms with E-state index in [4.69, 9.17) is 9.47 Å². The van der Waals surface area contributed by atoms with Crippen molar-refractivity contribution in [2.24, 2.45) is 0 Å². The van der Waals surface area contributed by atoms with E-state index in [-0.39, 0.29) is 6.04 Å². The van der Waals surface area contributed by atoms with Gasteiger partial charge in [0.05, 0.1) is 25.1 Å². The van der Waals surface area contributed by atoms with Crippen molar-refractivity contribution < 1.29 is 9.47 Å². The van der Waals surface area contributed by atoms with Gasteiger partial charge in [-0.05, 0) is 19.4 Å². The second kappa shape index (κ2) is 9.69. The SMILES string of the molecule is CCCNC(COC)Cc1cncc(OCCC)n1. The van der Waals surface area contributed by atoms with E-state index in [0.29, 0.717) is 19.1 Å². The molecule has 0 aliphatic rings. The molecule has 1 heterocycles. The zero-order valence-corrected chi connectivity index (χ0v) is 12.2. The van der Waals surface area contributed by atoms with E-state index in [1.54, 1.807) is 19.5 Å². The number of methoxy groups -OCH3 is 1. The quantitative estimate of drug-likeness (QED) is 0.701. The highest BCUT2D eigenvalue weighted by Gasteiger charge is 2.10. The van der Waals surface area contributed by atoms with Crippen LogP contribution in [0, 0.1) is 0 Å². The van der Waals surface area contributed by atoms with Crippen LogP contribution in [0.15, 0.2) is 12.4 Å². The van der Waals surface area contributed by atoms with Crippen molar-refractivity contribution in [2.45, 2.75) is 39.2 Å². The first-order chi connectivity index (χ1) is 9.30. The number of nitrogens with one attached hydrogen (secondary N) is 1. The highest BCUT2D eigenvalue weighted by Crippen LogP contribution is 2.07. The molecule has 0 radical (unpaired) electrons. The molecule has 1 aromatic rings. The first-order valence-electron chi connectivity index (χ1n) is 6.96. The lowest BCUT2D eigenvalue weighted by molar-refractivity contribution is 0.165. The minimum absolute atomic E-state index is 0.265. The van der Waals surface area contributed by atoms with Crippen LogP contribution in [0.4, 0.5) is 0 Å². The van der Waals surface area contributed by atoms with Crippen LogP contribution in [-0.4, -0.2) is 42.9 Å². The second-order valence-corrected chi connectivity index (χ2v) is 4.51. The molecule has 0 amide bonds. The van der Waals surface area contributed by atoms with E-state index >= 15 is 0 Å². The van der Waals surface area contributed by atoms with Crippen LogP contribution >= 0.6 is 0 Å². The number of aromatic nitrogens is 2. The molecule has 0 bridgehead atoms. The van der Waals surface area contributed by atoms with Crippen LogP contribution in [0.3, 0.4) is 0 Å². The standard InChI is InChI=1S/C14H25N3O2/c1-4-6-16-13(11-18-3)8-12-9-15-10-14(17-12)19-7-5-2/h9-10,13,16H,4-8,11H2,1-3H3. The predicted molar refractivity (Wildman–Crippen MR) is 75.5 cm³/mol. The molecule has 5 heteroatoms. The minimum Gasteiger partial charge on any atom is -0.477 e. The van der Waals surface area contributed by atoms with Gasteiger partial charge in [-0.3, -0.25) is 4.98 Å². The fourth-order valence-corrected chi connectivity index (χ4v) is 1.75. The molecule has 0 aliphatic heterocycles. The van der Waals surface area contributed by atoms with Gasteiger partial charge in [0, 0.05) is 25.8 Å².